The first-order chi connectivity index (χ1) is 19.9. The number of rotatable bonds is 7. The van der Waals surface area contributed by atoms with Gasteiger partial charge >= 0.3 is 6.03 Å². The van der Waals surface area contributed by atoms with Gasteiger partial charge in [0.15, 0.2) is 0 Å². The standard InChI is InChI=1S/C30H32FN5O5/c1-36-25-8-7-21(17-28(37)33-15-12-19-10-13-32-14-11-19)41-27(25)18-40-26-9-6-20(16-22(26)29(36)38)34-30(39)35-24-5-3-2-4-23(24)31/h2-6,9-11,13-14,16,21,25,27H,7-8,12,15,17-18H2,1H3,(H,33,37)(H2,34,35,39)/t21-,25+,27-/m0/s1. The van der Waals surface area contributed by atoms with Crippen molar-refractivity contribution in [1.29, 1.82) is 0 Å². The molecule has 0 bridgehead atoms. The zero-order valence-electron chi connectivity index (χ0n) is 22.6. The van der Waals surface area contributed by atoms with Gasteiger partial charge in [-0.2, -0.15) is 0 Å². The number of ether oxygens (including phenoxy) is 2. The molecular weight excluding hydrogens is 529 g/mol. The third kappa shape index (κ3) is 6.98. The van der Waals surface area contributed by atoms with Crippen LogP contribution in [0.2, 0.25) is 0 Å². The minimum Gasteiger partial charge on any atom is -0.490 e. The van der Waals surface area contributed by atoms with Crippen LogP contribution in [0.1, 0.15) is 35.2 Å². The van der Waals surface area contributed by atoms with Crippen molar-refractivity contribution >= 4 is 29.2 Å². The first-order valence-electron chi connectivity index (χ1n) is 13.5. The summed E-state index contributed by atoms with van der Waals surface area (Å²) < 4.78 is 26.1. The molecule has 1 saturated heterocycles. The van der Waals surface area contributed by atoms with Crippen molar-refractivity contribution < 1.29 is 28.2 Å². The van der Waals surface area contributed by atoms with Gasteiger partial charge in [0, 0.05) is 31.7 Å². The maximum Gasteiger partial charge on any atom is 0.323 e. The van der Waals surface area contributed by atoms with Gasteiger partial charge in [0.1, 0.15) is 24.3 Å². The Balaban J connectivity index is 1.18. The smallest absolute Gasteiger partial charge is 0.323 e. The molecule has 0 radical (unpaired) electrons. The highest BCUT2D eigenvalue weighted by atomic mass is 19.1. The van der Waals surface area contributed by atoms with Crippen LogP contribution >= 0.6 is 0 Å². The van der Waals surface area contributed by atoms with Crippen LogP contribution in [0.3, 0.4) is 0 Å². The van der Waals surface area contributed by atoms with Gasteiger partial charge in [-0.15, -0.1) is 0 Å². The predicted molar refractivity (Wildman–Crippen MR) is 150 cm³/mol. The molecule has 3 aromatic rings. The number of anilines is 2. The summed E-state index contributed by atoms with van der Waals surface area (Å²) in [5.74, 6) is -0.550. The number of amides is 4. The number of likely N-dealkylation sites (N-methyl/N-ethyl adjacent to an activating group) is 1. The average Bonchev–Trinajstić information content (AvgIpc) is 2.97. The van der Waals surface area contributed by atoms with Crippen LogP contribution in [0.25, 0.3) is 0 Å². The Kier molecular flexibility index (Phi) is 8.73. The van der Waals surface area contributed by atoms with E-state index < -0.39 is 18.0 Å². The molecule has 5 rings (SSSR count). The first-order valence-corrected chi connectivity index (χ1v) is 13.5. The molecule has 214 valence electrons. The second-order valence-corrected chi connectivity index (χ2v) is 10.1. The summed E-state index contributed by atoms with van der Waals surface area (Å²) in [6, 6.07) is 13.6. The number of para-hydroxylation sites is 1. The molecule has 0 unspecified atom stereocenters. The lowest BCUT2D eigenvalue weighted by Gasteiger charge is -2.42. The number of fused-ring (bicyclic) bond motifs is 2. The summed E-state index contributed by atoms with van der Waals surface area (Å²) in [6.07, 6.45) is 5.02. The fourth-order valence-electron chi connectivity index (χ4n) is 5.13. The Morgan fingerprint density at radius 3 is 2.68 bits per heavy atom. The number of hydrogen-bond donors (Lipinski definition) is 3. The lowest BCUT2D eigenvalue weighted by atomic mass is 9.94. The second kappa shape index (κ2) is 12.8. The third-order valence-electron chi connectivity index (χ3n) is 7.29. The predicted octanol–water partition coefficient (Wildman–Crippen LogP) is 3.99. The Labute approximate surface area is 237 Å². The summed E-state index contributed by atoms with van der Waals surface area (Å²) in [7, 11) is 1.72. The highest BCUT2D eigenvalue weighted by Gasteiger charge is 2.39. The molecule has 10 nitrogen and oxygen atoms in total. The van der Waals surface area contributed by atoms with Crippen LogP contribution in [0.5, 0.6) is 5.75 Å². The third-order valence-corrected chi connectivity index (χ3v) is 7.29. The Morgan fingerprint density at radius 2 is 1.88 bits per heavy atom. The summed E-state index contributed by atoms with van der Waals surface area (Å²) >= 11 is 0. The molecule has 0 spiro atoms. The average molecular weight is 562 g/mol. The minimum atomic E-state index is -0.643. The van der Waals surface area contributed by atoms with Crippen LogP contribution in [-0.4, -0.2) is 66.2 Å². The van der Waals surface area contributed by atoms with E-state index in [0.29, 0.717) is 36.4 Å². The maximum atomic E-state index is 13.9. The molecule has 1 aromatic heterocycles. The number of urea groups is 1. The monoisotopic (exact) mass is 561 g/mol. The van der Waals surface area contributed by atoms with Crippen molar-refractivity contribution in [2.24, 2.45) is 0 Å². The molecule has 41 heavy (non-hydrogen) atoms. The van der Waals surface area contributed by atoms with Crippen LogP contribution in [0, 0.1) is 5.82 Å². The summed E-state index contributed by atoms with van der Waals surface area (Å²) in [6.45, 7) is 0.733. The van der Waals surface area contributed by atoms with Crippen molar-refractivity contribution in [2.45, 2.75) is 43.9 Å². The molecule has 3 atom stereocenters. The number of hydrogen-bond acceptors (Lipinski definition) is 6. The van der Waals surface area contributed by atoms with Gasteiger partial charge in [-0.3, -0.25) is 14.6 Å². The van der Waals surface area contributed by atoms with Gasteiger partial charge < -0.3 is 30.3 Å². The molecule has 4 amide bonds. The topological polar surface area (TPSA) is 122 Å². The first kappa shape index (κ1) is 28.0. The molecule has 3 heterocycles. The van der Waals surface area contributed by atoms with Crippen LogP contribution in [0.15, 0.2) is 67.0 Å². The van der Waals surface area contributed by atoms with E-state index in [0.717, 1.165) is 12.0 Å². The number of carbonyl (C=O) groups is 3. The van der Waals surface area contributed by atoms with Gasteiger partial charge in [-0.05, 0) is 67.3 Å². The molecular formula is C30H32FN5O5. The van der Waals surface area contributed by atoms with Crippen LogP contribution in [-0.2, 0) is 16.0 Å². The second-order valence-electron chi connectivity index (χ2n) is 10.1. The zero-order valence-corrected chi connectivity index (χ0v) is 22.6. The normalized spacial score (nSPS) is 20.0. The Hall–Kier alpha value is -4.51. The van der Waals surface area contributed by atoms with Gasteiger partial charge in [-0.1, -0.05) is 12.1 Å². The number of nitrogens with zero attached hydrogens (tertiary/aromatic N) is 2. The van der Waals surface area contributed by atoms with E-state index >= 15 is 0 Å². The van der Waals surface area contributed by atoms with E-state index in [-0.39, 0.29) is 42.7 Å². The van der Waals surface area contributed by atoms with Crippen LogP contribution in [0.4, 0.5) is 20.6 Å². The highest BCUT2D eigenvalue weighted by Crippen LogP contribution is 2.32. The quantitative estimate of drug-likeness (QED) is 0.401. The van der Waals surface area contributed by atoms with Crippen molar-refractivity contribution in [3.63, 3.8) is 0 Å². The Morgan fingerprint density at radius 1 is 1.07 bits per heavy atom. The lowest BCUT2D eigenvalue weighted by molar-refractivity contribution is -0.134. The zero-order chi connectivity index (χ0) is 28.8. The van der Waals surface area contributed by atoms with E-state index in [2.05, 4.69) is 20.9 Å². The molecule has 2 aliphatic heterocycles. The summed E-state index contributed by atoms with van der Waals surface area (Å²) in [5.41, 5.74) is 1.80. The molecule has 2 aliphatic rings. The van der Waals surface area contributed by atoms with E-state index in [1.165, 1.54) is 24.3 Å². The largest absolute Gasteiger partial charge is 0.490 e. The Bertz CT molecular complexity index is 1410. The molecule has 2 aromatic carbocycles. The fraction of sp³-hybridized carbons (Fsp3) is 0.333. The number of benzene rings is 2. The maximum absolute atomic E-state index is 13.9. The number of halogens is 1. The number of pyridine rings is 1. The van der Waals surface area contributed by atoms with E-state index in [4.69, 9.17) is 9.47 Å². The molecule has 3 N–H and O–H groups in total. The number of aromatic nitrogens is 1. The highest BCUT2D eigenvalue weighted by molar-refractivity contribution is 6.02. The fourth-order valence-corrected chi connectivity index (χ4v) is 5.13. The van der Waals surface area contributed by atoms with Crippen molar-refractivity contribution in [3.05, 3.63) is 83.9 Å². The van der Waals surface area contributed by atoms with Crippen molar-refractivity contribution in [1.82, 2.24) is 15.2 Å². The van der Waals surface area contributed by atoms with Gasteiger partial charge in [-0.25, -0.2) is 9.18 Å². The van der Waals surface area contributed by atoms with Crippen molar-refractivity contribution in [2.75, 3.05) is 30.8 Å². The summed E-state index contributed by atoms with van der Waals surface area (Å²) in [4.78, 5) is 44.1. The molecule has 0 aliphatic carbocycles. The van der Waals surface area contributed by atoms with E-state index in [1.54, 1.807) is 42.5 Å². The van der Waals surface area contributed by atoms with E-state index in [1.807, 2.05) is 12.1 Å². The number of carbonyl (C=O) groups excluding carboxylic acids is 3. The lowest BCUT2D eigenvalue weighted by Crippen LogP contribution is -2.54. The molecule has 11 heteroatoms. The number of nitrogens with one attached hydrogen (secondary N) is 3. The van der Waals surface area contributed by atoms with Gasteiger partial charge in [0.05, 0.1) is 29.8 Å². The minimum absolute atomic E-state index is 0.0412. The van der Waals surface area contributed by atoms with Gasteiger partial charge in [0.2, 0.25) is 5.91 Å². The van der Waals surface area contributed by atoms with Gasteiger partial charge in [0.25, 0.3) is 5.91 Å². The van der Waals surface area contributed by atoms with E-state index in [9.17, 15) is 18.8 Å². The molecule has 1 fully saturated rings. The SMILES string of the molecule is CN1C(=O)c2cc(NC(=O)Nc3ccccc3F)ccc2OC[C@@H]2O[C@H](CC(=O)NCCc3ccncc3)CC[C@H]21. The summed E-state index contributed by atoms with van der Waals surface area (Å²) in [5, 5.41) is 8.04. The molecule has 0 saturated carbocycles. The van der Waals surface area contributed by atoms with Crippen molar-refractivity contribution in [3.8, 4) is 5.75 Å². The van der Waals surface area contributed by atoms with Crippen LogP contribution < -0.4 is 20.7 Å².